The molecule has 2 atom stereocenters. The number of anilines is 2. The Labute approximate surface area is 223 Å². The Morgan fingerprint density at radius 1 is 0.895 bits per heavy atom. The van der Waals surface area contributed by atoms with Crippen LogP contribution in [0.15, 0.2) is 77.9 Å². The van der Waals surface area contributed by atoms with E-state index < -0.39 is 23.3 Å². The summed E-state index contributed by atoms with van der Waals surface area (Å²) in [5.74, 6) is -1.37. The highest BCUT2D eigenvalue weighted by Gasteiger charge is 2.54. The van der Waals surface area contributed by atoms with Crippen LogP contribution in [0.3, 0.4) is 0 Å². The number of benzene rings is 3. The lowest BCUT2D eigenvalue weighted by atomic mass is 9.92. The van der Waals surface area contributed by atoms with Crippen LogP contribution in [0.1, 0.15) is 18.5 Å². The average Bonchev–Trinajstić information content (AvgIpc) is 3.64. The Morgan fingerprint density at radius 3 is 2.00 bits per heavy atom. The number of hydrogen-bond donors (Lipinski definition) is 0. The maximum absolute atomic E-state index is 14.5. The Kier molecular flexibility index (Phi) is 6.20. The Balaban J connectivity index is 1.16. The van der Waals surface area contributed by atoms with Crippen LogP contribution < -0.4 is 15.5 Å². The number of rotatable bonds is 6. The van der Waals surface area contributed by atoms with Gasteiger partial charge < -0.3 is 14.5 Å². The van der Waals surface area contributed by atoms with Crippen LogP contribution in [-0.2, 0) is 10.3 Å². The maximum atomic E-state index is 14.5. The molecule has 196 valence electrons. The number of halogens is 3. The second kappa shape index (κ2) is 9.56. The largest absolute Gasteiger partial charge is 0.368 e. The number of hydrogen-bond acceptors (Lipinski definition) is 5. The fourth-order valence-corrected chi connectivity index (χ4v) is 5.31. The predicted octanol–water partition coefficient (Wildman–Crippen LogP) is 4.78. The fourth-order valence-electron chi connectivity index (χ4n) is 5.19. The van der Waals surface area contributed by atoms with Crippen LogP contribution in [-0.4, -0.2) is 47.1 Å². The van der Waals surface area contributed by atoms with E-state index >= 15 is 0 Å². The Bertz CT molecular complexity index is 1510. The summed E-state index contributed by atoms with van der Waals surface area (Å²) < 4.78 is 36.3. The first kappa shape index (κ1) is 24.6. The first-order valence-electron chi connectivity index (χ1n) is 12.5. The number of aromatic nitrogens is 3. The van der Waals surface area contributed by atoms with E-state index in [4.69, 9.17) is 16.3 Å². The molecule has 38 heavy (non-hydrogen) atoms. The highest BCUT2D eigenvalue weighted by Crippen LogP contribution is 2.48. The van der Waals surface area contributed by atoms with Gasteiger partial charge in [-0.15, -0.1) is 0 Å². The lowest BCUT2D eigenvalue weighted by Gasteiger charge is -2.37. The summed E-state index contributed by atoms with van der Waals surface area (Å²) in [6.07, 6.45) is 1.45. The van der Waals surface area contributed by atoms with Gasteiger partial charge in [-0.1, -0.05) is 17.7 Å². The monoisotopic (exact) mass is 537 g/mol. The second-order valence-corrected chi connectivity index (χ2v) is 10.1. The molecule has 0 spiro atoms. The van der Waals surface area contributed by atoms with E-state index in [0.29, 0.717) is 5.69 Å². The molecule has 0 radical (unpaired) electrons. The molecule has 3 aromatic carbocycles. The van der Waals surface area contributed by atoms with Crippen LogP contribution in [0.5, 0.6) is 0 Å². The van der Waals surface area contributed by atoms with Crippen molar-refractivity contribution in [2.24, 2.45) is 0 Å². The van der Waals surface area contributed by atoms with Crippen molar-refractivity contribution >= 4 is 23.0 Å². The van der Waals surface area contributed by atoms with Crippen molar-refractivity contribution in [3.63, 3.8) is 0 Å². The normalized spacial score (nSPS) is 20.0. The summed E-state index contributed by atoms with van der Waals surface area (Å²) in [5.41, 5.74) is 1.72. The summed E-state index contributed by atoms with van der Waals surface area (Å²) in [7, 11) is 0. The number of piperazine rings is 1. The zero-order chi connectivity index (χ0) is 26.4. The van der Waals surface area contributed by atoms with E-state index in [1.807, 2.05) is 48.5 Å². The quantitative estimate of drug-likeness (QED) is 0.331. The average molecular weight is 538 g/mol. The van der Waals surface area contributed by atoms with E-state index in [-0.39, 0.29) is 17.9 Å². The predicted molar refractivity (Wildman–Crippen MR) is 142 cm³/mol. The van der Waals surface area contributed by atoms with Crippen LogP contribution in [0.4, 0.5) is 20.2 Å². The smallest absolute Gasteiger partial charge is 0.350 e. The van der Waals surface area contributed by atoms with E-state index in [2.05, 4.69) is 14.9 Å². The van der Waals surface area contributed by atoms with Crippen molar-refractivity contribution < 1.29 is 13.5 Å². The third-order valence-electron chi connectivity index (χ3n) is 7.54. The molecule has 2 aliphatic rings. The molecule has 10 heteroatoms. The summed E-state index contributed by atoms with van der Waals surface area (Å²) in [6, 6.07) is 18.5. The Hall–Kier alpha value is -3.69. The van der Waals surface area contributed by atoms with Crippen molar-refractivity contribution in [1.82, 2.24) is 14.3 Å². The van der Waals surface area contributed by atoms with Gasteiger partial charge in [-0.05, 0) is 61.5 Å². The molecule has 2 fully saturated rings. The molecular weight excluding hydrogens is 512 g/mol. The zero-order valence-electron chi connectivity index (χ0n) is 20.7. The summed E-state index contributed by atoms with van der Waals surface area (Å²) in [5, 5.41) is 5.02. The maximum Gasteiger partial charge on any atom is 0.350 e. The lowest BCUT2D eigenvalue weighted by Crippen LogP contribution is -2.46. The Morgan fingerprint density at radius 2 is 1.45 bits per heavy atom. The van der Waals surface area contributed by atoms with Crippen molar-refractivity contribution in [1.29, 1.82) is 0 Å². The molecule has 0 saturated carbocycles. The molecule has 1 aromatic heterocycles. The molecule has 4 aromatic rings. The number of ether oxygens (including phenoxy) is 1. The fraction of sp³-hybridized carbons (Fsp3) is 0.286. The van der Waals surface area contributed by atoms with Gasteiger partial charge >= 0.3 is 5.69 Å². The van der Waals surface area contributed by atoms with Crippen molar-refractivity contribution in [2.75, 3.05) is 42.6 Å². The van der Waals surface area contributed by atoms with Gasteiger partial charge in [0.2, 0.25) is 0 Å². The van der Waals surface area contributed by atoms with Crippen LogP contribution in [0, 0.1) is 11.6 Å². The van der Waals surface area contributed by atoms with Crippen LogP contribution in [0.2, 0.25) is 5.02 Å². The number of nitrogens with zero attached hydrogens (tertiary/aromatic N) is 5. The van der Waals surface area contributed by atoms with Gasteiger partial charge in [-0.25, -0.2) is 22.8 Å². The summed E-state index contributed by atoms with van der Waals surface area (Å²) in [6.45, 7) is 5.51. The standard InChI is InChI=1S/C28H26ClF2N5O2/c1-19(28(17-38-28)25-11-4-21(30)16-26(25)31)36-27(37)35(18-32-36)24-9-7-23(8-10-24)34-14-12-33(13-15-34)22-5-2-20(29)3-6-22/h2-11,16,18-19H,12-15,17H2,1H3/t19-,28-/m1/s1. The van der Waals surface area contributed by atoms with Gasteiger partial charge in [0.1, 0.15) is 23.6 Å². The zero-order valence-corrected chi connectivity index (χ0v) is 21.5. The molecule has 2 saturated heterocycles. The van der Waals surface area contributed by atoms with Gasteiger partial charge in [-0.2, -0.15) is 5.10 Å². The SMILES string of the molecule is C[C@@H](n1ncn(-c2ccc(N3CCN(c4ccc(Cl)cc4)CC3)cc2)c1=O)[C@@]1(c2ccc(F)cc2F)CO1. The highest BCUT2D eigenvalue weighted by atomic mass is 35.5. The van der Waals surface area contributed by atoms with Gasteiger partial charge in [-0.3, -0.25) is 0 Å². The minimum absolute atomic E-state index is 0.216. The molecule has 0 N–H and O–H groups in total. The first-order chi connectivity index (χ1) is 18.4. The molecule has 0 unspecified atom stereocenters. The third-order valence-corrected chi connectivity index (χ3v) is 7.79. The molecule has 0 bridgehead atoms. The molecular formula is C28H26ClF2N5O2. The van der Waals surface area contributed by atoms with Gasteiger partial charge in [0.05, 0.1) is 18.3 Å². The van der Waals surface area contributed by atoms with Crippen molar-refractivity contribution in [2.45, 2.75) is 18.6 Å². The van der Waals surface area contributed by atoms with Gasteiger partial charge in [0.15, 0.2) is 0 Å². The van der Waals surface area contributed by atoms with Crippen LogP contribution in [0.25, 0.3) is 5.69 Å². The molecule has 7 nitrogen and oxygen atoms in total. The lowest BCUT2D eigenvalue weighted by molar-refractivity contribution is 0.211. The molecule has 0 amide bonds. The van der Waals surface area contributed by atoms with E-state index in [1.54, 1.807) is 6.92 Å². The van der Waals surface area contributed by atoms with E-state index in [9.17, 15) is 13.6 Å². The minimum Gasteiger partial charge on any atom is -0.368 e. The molecule has 6 rings (SSSR count). The molecule has 2 aliphatic heterocycles. The van der Waals surface area contributed by atoms with Gasteiger partial charge in [0.25, 0.3) is 0 Å². The second-order valence-electron chi connectivity index (χ2n) is 9.67. The summed E-state index contributed by atoms with van der Waals surface area (Å²) in [4.78, 5) is 17.9. The van der Waals surface area contributed by atoms with E-state index in [0.717, 1.165) is 48.6 Å². The van der Waals surface area contributed by atoms with E-state index in [1.165, 1.54) is 27.7 Å². The van der Waals surface area contributed by atoms with Gasteiger partial charge in [0, 0.05) is 54.2 Å². The topological polar surface area (TPSA) is 58.8 Å². The summed E-state index contributed by atoms with van der Waals surface area (Å²) >= 11 is 6.01. The highest BCUT2D eigenvalue weighted by molar-refractivity contribution is 6.30. The molecule has 3 heterocycles. The van der Waals surface area contributed by atoms with Crippen molar-refractivity contribution in [3.05, 3.63) is 106 Å². The third kappa shape index (κ3) is 4.35. The van der Waals surface area contributed by atoms with Crippen LogP contribution >= 0.6 is 11.6 Å². The van der Waals surface area contributed by atoms with Crippen molar-refractivity contribution in [3.8, 4) is 5.69 Å². The molecule has 0 aliphatic carbocycles. The first-order valence-corrected chi connectivity index (χ1v) is 12.8. The number of epoxide rings is 1. The minimum atomic E-state index is -1.06.